The smallest absolute Gasteiger partial charge is 0.143 e. The average molecular weight is 351 g/mol. The standard InChI is InChI=1S/C11H18IN3S/c1-5-13-11-9(12)10(7(2)3)14-8(15-11)6-16-4/h7H,5-6H2,1-4H3,(H,13,14,15). The van der Waals surface area contributed by atoms with Gasteiger partial charge in [-0.2, -0.15) is 11.8 Å². The van der Waals surface area contributed by atoms with Gasteiger partial charge in [-0.1, -0.05) is 13.8 Å². The van der Waals surface area contributed by atoms with Gasteiger partial charge in [0, 0.05) is 6.54 Å². The van der Waals surface area contributed by atoms with Crippen LogP contribution < -0.4 is 5.32 Å². The van der Waals surface area contributed by atoms with Crippen LogP contribution in [0.1, 0.15) is 38.2 Å². The quantitative estimate of drug-likeness (QED) is 0.824. The van der Waals surface area contributed by atoms with Crippen LogP contribution in [0.3, 0.4) is 0 Å². The van der Waals surface area contributed by atoms with Crippen molar-refractivity contribution < 1.29 is 0 Å². The van der Waals surface area contributed by atoms with Crippen molar-refractivity contribution in [1.82, 2.24) is 9.97 Å². The Kier molecular flexibility index (Phi) is 5.82. The van der Waals surface area contributed by atoms with E-state index in [2.05, 4.69) is 64.9 Å². The van der Waals surface area contributed by atoms with E-state index in [1.54, 1.807) is 11.8 Å². The number of hydrogen-bond donors (Lipinski definition) is 1. The van der Waals surface area contributed by atoms with Crippen molar-refractivity contribution >= 4 is 40.2 Å². The molecule has 0 amide bonds. The summed E-state index contributed by atoms with van der Waals surface area (Å²) in [4.78, 5) is 9.17. The van der Waals surface area contributed by atoms with Crippen molar-refractivity contribution in [1.29, 1.82) is 0 Å². The fraction of sp³-hybridized carbons (Fsp3) is 0.636. The molecule has 5 heteroatoms. The molecule has 0 saturated heterocycles. The molecule has 16 heavy (non-hydrogen) atoms. The number of nitrogens with zero attached hydrogens (tertiary/aromatic N) is 2. The molecule has 1 rings (SSSR count). The third-order valence-electron chi connectivity index (χ3n) is 2.09. The first-order valence-electron chi connectivity index (χ1n) is 5.39. The number of nitrogens with one attached hydrogen (secondary N) is 1. The summed E-state index contributed by atoms with van der Waals surface area (Å²) in [6.45, 7) is 7.32. The minimum Gasteiger partial charge on any atom is -0.369 e. The van der Waals surface area contributed by atoms with Crippen LogP contribution in [-0.4, -0.2) is 22.8 Å². The molecule has 0 radical (unpaired) electrons. The lowest BCUT2D eigenvalue weighted by molar-refractivity contribution is 0.791. The van der Waals surface area contributed by atoms with Gasteiger partial charge in [-0.15, -0.1) is 0 Å². The van der Waals surface area contributed by atoms with Gasteiger partial charge in [0.05, 0.1) is 15.0 Å². The van der Waals surface area contributed by atoms with Gasteiger partial charge < -0.3 is 5.32 Å². The molecule has 0 fully saturated rings. The Morgan fingerprint density at radius 3 is 2.56 bits per heavy atom. The van der Waals surface area contributed by atoms with E-state index in [0.29, 0.717) is 5.92 Å². The molecule has 0 atom stereocenters. The molecule has 0 aliphatic carbocycles. The van der Waals surface area contributed by atoms with Crippen molar-refractivity contribution in [2.45, 2.75) is 32.4 Å². The molecule has 0 unspecified atom stereocenters. The van der Waals surface area contributed by atoms with Crippen LogP contribution in [0, 0.1) is 3.57 Å². The van der Waals surface area contributed by atoms with E-state index in [9.17, 15) is 0 Å². The second-order valence-corrected chi connectivity index (χ2v) is 5.75. The van der Waals surface area contributed by atoms with Gasteiger partial charge in [-0.25, -0.2) is 9.97 Å². The third kappa shape index (κ3) is 3.48. The molecule has 0 spiro atoms. The first-order valence-corrected chi connectivity index (χ1v) is 7.86. The lowest BCUT2D eigenvalue weighted by Gasteiger charge is -2.13. The first-order chi connectivity index (χ1) is 7.60. The largest absolute Gasteiger partial charge is 0.369 e. The van der Waals surface area contributed by atoms with Gasteiger partial charge in [-0.05, 0) is 41.7 Å². The highest BCUT2D eigenvalue weighted by molar-refractivity contribution is 14.1. The van der Waals surface area contributed by atoms with E-state index in [1.165, 1.54) is 0 Å². The van der Waals surface area contributed by atoms with Gasteiger partial charge in [0.15, 0.2) is 0 Å². The molecular formula is C11H18IN3S. The van der Waals surface area contributed by atoms with Gasteiger partial charge in [-0.3, -0.25) is 0 Å². The highest BCUT2D eigenvalue weighted by atomic mass is 127. The molecule has 0 bridgehead atoms. The van der Waals surface area contributed by atoms with E-state index in [-0.39, 0.29) is 0 Å². The van der Waals surface area contributed by atoms with Crippen LogP contribution in [0.5, 0.6) is 0 Å². The molecule has 0 saturated carbocycles. The molecular weight excluding hydrogens is 333 g/mol. The molecule has 0 aromatic carbocycles. The lowest BCUT2D eigenvalue weighted by Crippen LogP contribution is -2.10. The Morgan fingerprint density at radius 2 is 2.06 bits per heavy atom. The number of anilines is 1. The summed E-state index contributed by atoms with van der Waals surface area (Å²) >= 11 is 4.08. The maximum absolute atomic E-state index is 4.62. The number of halogens is 1. The fourth-order valence-electron chi connectivity index (χ4n) is 1.37. The summed E-state index contributed by atoms with van der Waals surface area (Å²) < 4.78 is 1.15. The summed E-state index contributed by atoms with van der Waals surface area (Å²) in [5, 5.41) is 3.30. The van der Waals surface area contributed by atoms with Crippen LogP contribution >= 0.6 is 34.4 Å². The van der Waals surface area contributed by atoms with Gasteiger partial charge in [0.2, 0.25) is 0 Å². The first kappa shape index (κ1) is 14.0. The van der Waals surface area contributed by atoms with Crippen LogP contribution in [-0.2, 0) is 5.75 Å². The molecule has 0 aliphatic rings. The third-order valence-corrected chi connectivity index (χ3v) is 3.70. The van der Waals surface area contributed by atoms with Crippen LogP contribution in [0.2, 0.25) is 0 Å². The molecule has 1 heterocycles. The SMILES string of the molecule is CCNc1nc(CSC)nc(C(C)C)c1I. The minimum atomic E-state index is 0.438. The monoisotopic (exact) mass is 351 g/mol. The van der Waals surface area contributed by atoms with Crippen molar-refractivity contribution in [2.75, 3.05) is 18.1 Å². The maximum atomic E-state index is 4.62. The van der Waals surface area contributed by atoms with E-state index < -0.39 is 0 Å². The highest BCUT2D eigenvalue weighted by Gasteiger charge is 2.13. The summed E-state index contributed by atoms with van der Waals surface area (Å²) in [6, 6.07) is 0. The Morgan fingerprint density at radius 1 is 1.38 bits per heavy atom. The van der Waals surface area contributed by atoms with Crippen LogP contribution in [0.4, 0.5) is 5.82 Å². The second-order valence-electron chi connectivity index (χ2n) is 3.81. The Hall–Kier alpha value is -0.0400. The minimum absolute atomic E-state index is 0.438. The zero-order valence-corrected chi connectivity index (χ0v) is 13.1. The van der Waals surface area contributed by atoms with E-state index in [4.69, 9.17) is 0 Å². The number of aromatic nitrogens is 2. The van der Waals surface area contributed by atoms with Gasteiger partial charge in [0.1, 0.15) is 11.6 Å². The Labute approximate surface area is 115 Å². The van der Waals surface area contributed by atoms with E-state index >= 15 is 0 Å². The van der Waals surface area contributed by atoms with Gasteiger partial charge >= 0.3 is 0 Å². The summed E-state index contributed by atoms with van der Waals surface area (Å²) in [6.07, 6.45) is 2.07. The predicted molar refractivity (Wildman–Crippen MR) is 80.2 cm³/mol. The van der Waals surface area contributed by atoms with Crippen molar-refractivity contribution in [3.63, 3.8) is 0 Å². The van der Waals surface area contributed by atoms with Crippen molar-refractivity contribution in [3.05, 3.63) is 15.1 Å². The number of thioether (sulfide) groups is 1. The van der Waals surface area contributed by atoms with E-state index in [0.717, 1.165) is 33.2 Å². The van der Waals surface area contributed by atoms with Crippen molar-refractivity contribution in [2.24, 2.45) is 0 Å². The summed E-state index contributed by atoms with van der Waals surface area (Å²) in [7, 11) is 0. The lowest BCUT2D eigenvalue weighted by atomic mass is 10.1. The fourth-order valence-corrected chi connectivity index (χ4v) is 2.82. The highest BCUT2D eigenvalue weighted by Crippen LogP contribution is 2.25. The molecule has 1 aromatic rings. The summed E-state index contributed by atoms with van der Waals surface area (Å²) in [5.74, 6) is 3.21. The summed E-state index contributed by atoms with van der Waals surface area (Å²) in [5.41, 5.74) is 1.15. The zero-order chi connectivity index (χ0) is 12.1. The van der Waals surface area contributed by atoms with Crippen molar-refractivity contribution in [3.8, 4) is 0 Å². The van der Waals surface area contributed by atoms with Crippen LogP contribution in [0.25, 0.3) is 0 Å². The molecule has 90 valence electrons. The normalized spacial score (nSPS) is 10.9. The van der Waals surface area contributed by atoms with Gasteiger partial charge in [0.25, 0.3) is 0 Å². The molecule has 3 nitrogen and oxygen atoms in total. The molecule has 1 aromatic heterocycles. The maximum Gasteiger partial charge on any atom is 0.143 e. The number of rotatable bonds is 5. The van der Waals surface area contributed by atoms with Crippen LogP contribution in [0.15, 0.2) is 0 Å². The molecule has 1 N–H and O–H groups in total. The topological polar surface area (TPSA) is 37.8 Å². The molecule has 0 aliphatic heterocycles. The predicted octanol–water partition coefficient (Wildman–Crippen LogP) is 3.50. The Balaban J connectivity index is 3.16. The van der Waals surface area contributed by atoms with E-state index in [1.807, 2.05) is 0 Å². The number of hydrogen-bond acceptors (Lipinski definition) is 4. The Bertz CT molecular complexity index is 355. The second kappa shape index (κ2) is 6.64. The zero-order valence-electron chi connectivity index (χ0n) is 10.2. The average Bonchev–Trinajstić information content (AvgIpc) is 2.23.